The van der Waals surface area contributed by atoms with E-state index in [1.807, 2.05) is 6.07 Å². The highest BCUT2D eigenvalue weighted by Crippen LogP contribution is 2.32. The van der Waals surface area contributed by atoms with Crippen LogP contribution < -0.4 is 9.47 Å². The molecule has 2 aromatic carbocycles. The third-order valence-electron chi connectivity index (χ3n) is 3.58. The van der Waals surface area contributed by atoms with Gasteiger partial charge in [0.1, 0.15) is 12.7 Å². The SMILES string of the molecule is COc1cc(C=CC(=O)OCc2ccccc2C(F)(F)F)ccc1OCC#N. The van der Waals surface area contributed by atoms with Crippen LogP contribution in [0.2, 0.25) is 0 Å². The van der Waals surface area contributed by atoms with Gasteiger partial charge in [-0.15, -0.1) is 0 Å². The Morgan fingerprint density at radius 3 is 2.61 bits per heavy atom. The highest BCUT2D eigenvalue weighted by atomic mass is 19.4. The number of benzene rings is 2. The Hall–Kier alpha value is -3.47. The van der Waals surface area contributed by atoms with Gasteiger partial charge in [0.2, 0.25) is 0 Å². The number of carbonyl (C=O) groups excluding carboxylic acids is 1. The van der Waals surface area contributed by atoms with Gasteiger partial charge in [0.25, 0.3) is 0 Å². The molecule has 0 unspecified atom stereocenters. The summed E-state index contributed by atoms with van der Waals surface area (Å²) in [7, 11) is 1.43. The standard InChI is InChI=1S/C20H16F3NO4/c1-26-18-12-14(6-8-17(18)27-11-10-24)7-9-19(25)28-13-15-4-2-3-5-16(15)20(21,22)23/h2-9,12H,11,13H2,1H3. The molecule has 0 saturated carbocycles. The third kappa shape index (κ3) is 5.77. The summed E-state index contributed by atoms with van der Waals surface area (Å²) >= 11 is 0. The van der Waals surface area contributed by atoms with Gasteiger partial charge in [-0.3, -0.25) is 0 Å². The topological polar surface area (TPSA) is 68.6 Å². The normalized spacial score (nSPS) is 11.1. The van der Waals surface area contributed by atoms with Crippen molar-refractivity contribution in [3.05, 3.63) is 65.2 Å². The molecule has 0 aliphatic carbocycles. The van der Waals surface area contributed by atoms with Gasteiger partial charge >= 0.3 is 12.1 Å². The van der Waals surface area contributed by atoms with Crippen molar-refractivity contribution in [1.29, 1.82) is 5.26 Å². The number of carbonyl (C=O) groups is 1. The number of ether oxygens (including phenoxy) is 3. The van der Waals surface area contributed by atoms with Crippen LogP contribution in [-0.2, 0) is 22.3 Å². The van der Waals surface area contributed by atoms with Gasteiger partial charge in [-0.25, -0.2) is 4.79 Å². The van der Waals surface area contributed by atoms with Crippen LogP contribution in [0.5, 0.6) is 11.5 Å². The lowest BCUT2D eigenvalue weighted by atomic mass is 10.1. The van der Waals surface area contributed by atoms with Crippen molar-refractivity contribution >= 4 is 12.0 Å². The van der Waals surface area contributed by atoms with Gasteiger partial charge in [-0.05, 0) is 29.8 Å². The monoisotopic (exact) mass is 391 g/mol. The molecule has 2 rings (SSSR count). The largest absolute Gasteiger partial charge is 0.493 e. The number of nitrogens with zero attached hydrogens (tertiary/aromatic N) is 1. The molecule has 5 nitrogen and oxygen atoms in total. The van der Waals surface area contributed by atoms with E-state index in [1.54, 1.807) is 18.2 Å². The first-order chi connectivity index (χ1) is 13.3. The van der Waals surface area contributed by atoms with Gasteiger partial charge < -0.3 is 14.2 Å². The van der Waals surface area contributed by atoms with E-state index in [4.69, 9.17) is 19.5 Å². The number of methoxy groups -OCH3 is 1. The first-order valence-electron chi connectivity index (χ1n) is 8.03. The summed E-state index contributed by atoms with van der Waals surface area (Å²) in [4.78, 5) is 11.8. The maximum absolute atomic E-state index is 12.9. The van der Waals surface area contributed by atoms with E-state index in [9.17, 15) is 18.0 Å². The van der Waals surface area contributed by atoms with Gasteiger partial charge in [-0.1, -0.05) is 24.3 Å². The van der Waals surface area contributed by atoms with Gasteiger partial charge in [-0.2, -0.15) is 18.4 Å². The van der Waals surface area contributed by atoms with Crippen molar-refractivity contribution in [2.24, 2.45) is 0 Å². The van der Waals surface area contributed by atoms with Crippen LogP contribution in [0.25, 0.3) is 6.08 Å². The molecule has 0 spiro atoms. The van der Waals surface area contributed by atoms with Gasteiger partial charge in [0, 0.05) is 11.6 Å². The molecule has 0 saturated heterocycles. The molecule has 8 heteroatoms. The molecule has 0 fully saturated rings. The number of rotatable bonds is 7. The number of nitriles is 1. The Labute approximate surface area is 159 Å². The van der Waals surface area contributed by atoms with Crippen LogP contribution in [0, 0.1) is 11.3 Å². The maximum Gasteiger partial charge on any atom is 0.416 e. The Balaban J connectivity index is 2.02. The predicted molar refractivity (Wildman–Crippen MR) is 94.4 cm³/mol. The molecule has 0 amide bonds. The second-order valence-corrected chi connectivity index (χ2v) is 5.45. The summed E-state index contributed by atoms with van der Waals surface area (Å²) in [6.45, 7) is -0.639. The second-order valence-electron chi connectivity index (χ2n) is 5.45. The van der Waals surface area contributed by atoms with Crippen molar-refractivity contribution in [2.75, 3.05) is 13.7 Å². The van der Waals surface area contributed by atoms with Crippen LogP contribution in [0.1, 0.15) is 16.7 Å². The minimum atomic E-state index is -4.52. The first-order valence-corrected chi connectivity index (χ1v) is 8.03. The molecule has 0 N–H and O–H groups in total. The summed E-state index contributed by atoms with van der Waals surface area (Å²) < 4.78 is 54.0. The van der Waals surface area contributed by atoms with Crippen molar-refractivity contribution in [2.45, 2.75) is 12.8 Å². The fourth-order valence-electron chi connectivity index (χ4n) is 2.30. The van der Waals surface area contributed by atoms with E-state index in [0.29, 0.717) is 17.1 Å². The fraction of sp³-hybridized carbons (Fsp3) is 0.200. The molecule has 0 heterocycles. The number of hydrogen-bond donors (Lipinski definition) is 0. The summed E-state index contributed by atoms with van der Waals surface area (Å²) in [5.41, 5.74) is -0.393. The second kappa shape index (κ2) is 9.46. The Morgan fingerprint density at radius 2 is 1.93 bits per heavy atom. The van der Waals surface area contributed by atoms with E-state index in [0.717, 1.165) is 12.1 Å². The van der Waals surface area contributed by atoms with Crippen LogP contribution >= 0.6 is 0 Å². The molecular weight excluding hydrogens is 375 g/mol. The molecule has 146 valence electrons. The van der Waals surface area contributed by atoms with Crippen molar-refractivity contribution in [3.63, 3.8) is 0 Å². The van der Waals surface area contributed by atoms with E-state index in [1.165, 1.54) is 31.4 Å². The lowest BCUT2D eigenvalue weighted by Crippen LogP contribution is -2.11. The van der Waals surface area contributed by atoms with Crippen molar-refractivity contribution < 1.29 is 32.2 Å². The average molecular weight is 391 g/mol. The van der Waals surface area contributed by atoms with Crippen molar-refractivity contribution in [1.82, 2.24) is 0 Å². The smallest absolute Gasteiger partial charge is 0.416 e. The maximum atomic E-state index is 12.9. The van der Waals surface area contributed by atoms with Gasteiger partial charge in [0.05, 0.1) is 12.7 Å². The lowest BCUT2D eigenvalue weighted by Gasteiger charge is -2.12. The van der Waals surface area contributed by atoms with E-state index in [-0.39, 0.29) is 12.2 Å². The Kier molecular flexibility index (Phi) is 7.04. The zero-order valence-electron chi connectivity index (χ0n) is 14.8. The highest BCUT2D eigenvalue weighted by molar-refractivity contribution is 5.87. The molecule has 0 atom stereocenters. The number of esters is 1. The first kappa shape index (κ1) is 20.8. The molecule has 0 bridgehead atoms. The minimum absolute atomic E-state index is 0.127. The minimum Gasteiger partial charge on any atom is -0.493 e. The molecule has 28 heavy (non-hydrogen) atoms. The Morgan fingerprint density at radius 1 is 1.18 bits per heavy atom. The molecule has 0 aliphatic heterocycles. The fourth-order valence-corrected chi connectivity index (χ4v) is 2.30. The van der Waals surface area contributed by atoms with Crippen LogP contribution in [0.4, 0.5) is 13.2 Å². The molecule has 0 aliphatic rings. The molecular formula is C20H16F3NO4. The van der Waals surface area contributed by atoms with Crippen LogP contribution in [-0.4, -0.2) is 19.7 Å². The molecule has 2 aromatic rings. The quantitative estimate of drug-likeness (QED) is 0.518. The summed E-state index contributed by atoms with van der Waals surface area (Å²) in [6.07, 6.45) is -2.00. The lowest BCUT2D eigenvalue weighted by molar-refractivity contribution is -0.143. The highest BCUT2D eigenvalue weighted by Gasteiger charge is 2.33. The number of hydrogen-bond acceptors (Lipinski definition) is 5. The number of alkyl halides is 3. The predicted octanol–water partition coefficient (Wildman–Crippen LogP) is 4.37. The summed E-state index contributed by atoms with van der Waals surface area (Å²) in [5, 5.41) is 8.54. The molecule has 0 aromatic heterocycles. The van der Waals surface area contributed by atoms with Crippen LogP contribution in [0.3, 0.4) is 0 Å². The third-order valence-corrected chi connectivity index (χ3v) is 3.58. The Bertz CT molecular complexity index is 901. The summed E-state index contributed by atoms with van der Waals surface area (Å²) in [6, 6.07) is 11.5. The van der Waals surface area contributed by atoms with E-state index in [2.05, 4.69) is 0 Å². The van der Waals surface area contributed by atoms with Crippen molar-refractivity contribution in [3.8, 4) is 17.6 Å². The zero-order chi connectivity index (χ0) is 20.6. The molecule has 0 radical (unpaired) electrons. The summed E-state index contributed by atoms with van der Waals surface area (Å²) in [5.74, 6) is -0.0573. The van der Waals surface area contributed by atoms with E-state index < -0.39 is 24.3 Å². The van der Waals surface area contributed by atoms with Gasteiger partial charge in [0.15, 0.2) is 18.1 Å². The zero-order valence-corrected chi connectivity index (χ0v) is 14.8. The van der Waals surface area contributed by atoms with E-state index >= 15 is 0 Å². The number of halogens is 3. The van der Waals surface area contributed by atoms with Crippen LogP contribution in [0.15, 0.2) is 48.5 Å². The average Bonchev–Trinajstić information content (AvgIpc) is 2.68.